The number of aliphatic carboxylic acids is 1. The summed E-state index contributed by atoms with van der Waals surface area (Å²) in [7, 11) is 0. The van der Waals surface area contributed by atoms with Crippen molar-refractivity contribution >= 4 is 5.97 Å². The van der Waals surface area contributed by atoms with Crippen LogP contribution in [0.25, 0.3) is 0 Å². The van der Waals surface area contributed by atoms with Crippen LogP contribution in [0.4, 0.5) is 0 Å². The maximum atomic E-state index is 10.4. The molecule has 1 N–H and O–H groups in total. The Kier molecular flexibility index (Phi) is 11.7. The number of carboxylic acid groups (broad SMARTS) is 1. The number of carboxylic acids is 1. The third kappa shape index (κ3) is 11.6. The van der Waals surface area contributed by atoms with E-state index >= 15 is 0 Å². The summed E-state index contributed by atoms with van der Waals surface area (Å²) in [6, 6.07) is 0. The molecule has 0 heterocycles. The smallest absolute Gasteiger partial charge is 0.303 e. The Morgan fingerprint density at radius 2 is 1.59 bits per heavy atom. The van der Waals surface area contributed by atoms with Gasteiger partial charge in [-0.3, -0.25) is 4.79 Å². The molecule has 0 saturated carbocycles. The van der Waals surface area contributed by atoms with Gasteiger partial charge in [-0.2, -0.15) is 0 Å². The van der Waals surface area contributed by atoms with E-state index < -0.39 is 5.97 Å². The van der Waals surface area contributed by atoms with Gasteiger partial charge >= 0.3 is 5.97 Å². The van der Waals surface area contributed by atoms with Crippen LogP contribution in [0, 0.1) is 5.92 Å². The standard InChI is InChI=1S/C20H34O2/c21-20(22)18-12-10-8-6-4-2-1-3-5-7-9-11-15-19-16-13-14-17-19/h1,3,13,16,19H,2,4-12,14-15,17-18H2,(H,21,22)/b3-1+. The molecule has 0 aromatic heterocycles. The minimum atomic E-state index is -0.664. The summed E-state index contributed by atoms with van der Waals surface area (Å²) in [5, 5.41) is 8.53. The summed E-state index contributed by atoms with van der Waals surface area (Å²) in [5.41, 5.74) is 0. The van der Waals surface area contributed by atoms with Crippen molar-refractivity contribution in [3.63, 3.8) is 0 Å². The first-order valence-corrected chi connectivity index (χ1v) is 9.32. The lowest BCUT2D eigenvalue weighted by molar-refractivity contribution is -0.137. The molecule has 0 spiro atoms. The average molecular weight is 306 g/mol. The summed E-state index contributed by atoms with van der Waals surface area (Å²) in [6.07, 6.45) is 25.9. The van der Waals surface area contributed by atoms with Gasteiger partial charge in [0.1, 0.15) is 0 Å². The molecule has 0 aliphatic heterocycles. The Bertz CT molecular complexity index is 331. The van der Waals surface area contributed by atoms with Crippen LogP contribution in [-0.4, -0.2) is 11.1 Å². The minimum Gasteiger partial charge on any atom is -0.481 e. The number of rotatable bonds is 14. The topological polar surface area (TPSA) is 37.3 Å². The van der Waals surface area contributed by atoms with E-state index in [-0.39, 0.29) is 0 Å². The Balaban J connectivity index is 1.74. The van der Waals surface area contributed by atoms with Crippen LogP contribution in [0.5, 0.6) is 0 Å². The number of hydrogen-bond acceptors (Lipinski definition) is 1. The number of allylic oxidation sites excluding steroid dienone is 4. The fourth-order valence-electron chi connectivity index (χ4n) is 3.09. The zero-order valence-electron chi connectivity index (χ0n) is 14.1. The van der Waals surface area contributed by atoms with Crippen molar-refractivity contribution in [3.05, 3.63) is 24.3 Å². The van der Waals surface area contributed by atoms with E-state index in [0.29, 0.717) is 6.42 Å². The molecule has 2 nitrogen and oxygen atoms in total. The molecule has 0 amide bonds. The molecule has 1 atom stereocenters. The minimum absolute atomic E-state index is 0.330. The lowest BCUT2D eigenvalue weighted by Gasteiger charge is -2.05. The number of carbonyl (C=O) groups is 1. The average Bonchev–Trinajstić information content (AvgIpc) is 3.00. The molecule has 1 unspecified atom stereocenters. The van der Waals surface area contributed by atoms with E-state index in [1.165, 1.54) is 70.6 Å². The third-order valence-corrected chi connectivity index (χ3v) is 4.49. The second-order valence-corrected chi connectivity index (χ2v) is 6.58. The van der Waals surface area contributed by atoms with Gasteiger partial charge in [-0.15, -0.1) is 0 Å². The maximum absolute atomic E-state index is 10.4. The highest BCUT2D eigenvalue weighted by Crippen LogP contribution is 2.22. The molecule has 0 saturated heterocycles. The van der Waals surface area contributed by atoms with Gasteiger partial charge in [-0.05, 0) is 57.3 Å². The van der Waals surface area contributed by atoms with Gasteiger partial charge in [0, 0.05) is 6.42 Å². The monoisotopic (exact) mass is 306 g/mol. The highest BCUT2D eigenvalue weighted by molar-refractivity contribution is 5.66. The van der Waals surface area contributed by atoms with Gasteiger partial charge in [0.15, 0.2) is 0 Å². The van der Waals surface area contributed by atoms with Crippen molar-refractivity contribution in [2.24, 2.45) is 5.92 Å². The fourth-order valence-corrected chi connectivity index (χ4v) is 3.09. The number of unbranched alkanes of at least 4 members (excludes halogenated alkanes) is 8. The van der Waals surface area contributed by atoms with E-state index in [4.69, 9.17) is 5.11 Å². The van der Waals surface area contributed by atoms with Crippen molar-refractivity contribution < 1.29 is 9.90 Å². The van der Waals surface area contributed by atoms with Crippen molar-refractivity contribution in [2.45, 2.75) is 89.9 Å². The van der Waals surface area contributed by atoms with Gasteiger partial charge in [0.2, 0.25) is 0 Å². The van der Waals surface area contributed by atoms with E-state index in [9.17, 15) is 4.79 Å². The van der Waals surface area contributed by atoms with E-state index in [2.05, 4.69) is 24.3 Å². The Labute approximate surface area is 136 Å². The van der Waals surface area contributed by atoms with Crippen molar-refractivity contribution in [1.29, 1.82) is 0 Å². The molecule has 0 bridgehead atoms. The first kappa shape index (κ1) is 19.0. The third-order valence-electron chi connectivity index (χ3n) is 4.49. The zero-order valence-corrected chi connectivity index (χ0v) is 14.1. The van der Waals surface area contributed by atoms with Gasteiger partial charge in [-0.25, -0.2) is 0 Å². The first-order chi connectivity index (χ1) is 10.8. The zero-order chi connectivity index (χ0) is 15.9. The molecule has 0 fully saturated rings. The molecule has 2 heteroatoms. The molecule has 1 aliphatic rings. The van der Waals surface area contributed by atoms with Gasteiger partial charge in [0.05, 0.1) is 0 Å². The molecule has 22 heavy (non-hydrogen) atoms. The molecule has 0 radical (unpaired) electrons. The highest BCUT2D eigenvalue weighted by atomic mass is 16.4. The van der Waals surface area contributed by atoms with E-state index in [1.807, 2.05) is 0 Å². The normalized spacial score (nSPS) is 17.5. The van der Waals surface area contributed by atoms with Gasteiger partial charge in [0.25, 0.3) is 0 Å². The second-order valence-electron chi connectivity index (χ2n) is 6.58. The van der Waals surface area contributed by atoms with Crippen LogP contribution in [-0.2, 0) is 4.79 Å². The first-order valence-electron chi connectivity index (χ1n) is 9.32. The lowest BCUT2D eigenvalue weighted by Crippen LogP contribution is -1.93. The molecule has 0 aromatic carbocycles. The van der Waals surface area contributed by atoms with Crippen molar-refractivity contribution in [3.8, 4) is 0 Å². The predicted molar refractivity (Wildman–Crippen MR) is 94.0 cm³/mol. The summed E-state index contributed by atoms with van der Waals surface area (Å²) < 4.78 is 0. The van der Waals surface area contributed by atoms with Crippen LogP contribution in [0.1, 0.15) is 89.9 Å². The summed E-state index contributed by atoms with van der Waals surface area (Å²) in [5.74, 6) is 0.216. The van der Waals surface area contributed by atoms with Crippen molar-refractivity contribution in [1.82, 2.24) is 0 Å². The summed E-state index contributed by atoms with van der Waals surface area (Å²) in [4.78, 5) is 10.4. The Morgan fingerprint density at radius 1 is 0.955 bits per heavy atom. The number of hydrogen-bond donors (Lipinski definition) is 1. The van der Waals surface area contributed by atoms with Crippen LogP contribution in [0.15, 0.2) is 24.3 Å². The fraction of sp³-hybridized carbons (Fsp3) is 0.750. The largest absolute Gasteiger partial charge is 0.481 e. The lowest BCUT2D eigenvalue weighted by atomic mass is 10.0. The molecular formula is C20H34O2. The van der Waals surface area contributed by atoms with Crippen molar-refractivity contribution in [2.75, 3.05) is 0 Å². The van der Waals surface area contributed by atoms with Gasteiger partial charge in [-0.1, -0.05) is 56.4 Å². The predicted octanol–water partition coefficient (Wildman–Crippen LogP) is 6.27. The van der Waals surface area contributed by atoms with E-state index in [1.54, 1.807) is 0 Å². The van der Waals surface area contributed by atoms with Crippen LogP contribution < -0.4 is 0 Å². The summed E-state index contributed by atoms with van der Waals surface area (Å²) in [6.45, 7) is 0. The summed E-state index contributed by atoms with van der Waals surface area (Å²) >= 11 is 0. The molecule has 0 aromatic rings. The van der Waals surface area contributed by atoms with E-state index in [0.717, 1.165) is 18.8 Å². The van der Waals surface area contributed by atoms with Crippen LogP contribution in [0.2, 0.25) is 0 Å². The van der Waals surface area contributed by atoms with Gasteiger partial charge < -0.3 is 5.11 Å². The second kappa shape index (κ2) is 13.6. The highest BCUT2D eigenvalue weighted by Gasteiger charge is 2.07. The van der Waals surface area contributed by atoms with Crippen LogP contribution >= 0.6 is 0 Å². The Hall–Kier alpha value is -1.05. The molecular weight excluding hydrogens is 272 g/mol. The maximum Gasteiger partial charge on any atom is 0.303 e. The van der Waals surface area contributed by atoms with Crippen LogP contribution in [0.3, 0.4) is 0 Å². The quantitative estimate of drug-likeness (QED) is 0.303. The SMILES string of the molecule is O=C(O)CCCCCCC/C=C/CCCCCC1C=CCC1. The molecule has 1 aliphatic carbocycles. The molecule has 1 rings (SSSR count). The Morgan fingerprint density at radius 3 is 2.23 bits per heavy atom. The molecule has 126 valence electrons.